The fourth-order valence-corrected chi connectivity index (χ4v) is 4.19. The number of hydrogen-bond donors (Lipinski definition) is 1. The highest BCUT2D eigenvalue weighted by atomic mass is 16.2. The maximum atomic E-state index is 13.1. The maximum Gasteiger partial charge on any atom is 0.251 e. The molecule has 7 nitrogen and oxygen atoms in total. The average Bonchev–Trinajstić information content (AvgIpc) is 3.35. The number of tetrazole rings is 1. The molecule has 170 valence electrons. The Bertz CT molecular complexity index is 1330. The molecule has 0 aliphatic carbocycles. The lowest BCUT2D eigenvalue weighted by molar-refractivity contribution is -0.119. The average molecular weight is 451 g/mol. The van der Waals surface area contributed by atoms with Crippen molar-refractivity contribution >= 4 is 17.6 Å². The smallest absolute Gasteiger partial charge is 0.251 e. The van der Waals surface area contributed by atoms with Crippen LogP contribution in [-0.4, -0.2) is 32.7 Å². The first-order valence-electron chi connectivity index (χ1n) is 11.3. The summed E-state index contributed by atoms with van der Waals surface area (Å²) >= 11 is 0. The van der Waals surface area contributed by atoms with E-state index in [1.54, 1.807) is 4.68 Å². The van der Waals surface area contributed by atoms with Gasteiger partial charge in [-0.25, -0.2) is 0 Å². The molecule has 1 atom stereocenters. The topological polar surface area (TPSA) is 75.9 Å². The number of hydrogen-bond acceptors (Lipinski definition) is 5. The fraction of sp³-hybridized carbons (Fsp3) is 0.185. The van der Waals surface area contributed by atoms with Gasteiger partial charge in [-0.2, -0.15) is 4.68 Å². The predicted molar refractivity (Wildman–Crippen MR) is 132 cm³/mol. The summed E-state index contributed by atoms with van der Waals surface area (Å²) in [6, 6.07) is 26.3. The molecule has 1 aliphatic heterocycles. The van der Waals surface area contributed by atoms with E-state index in [2.05, 4.69) is 70.2 Å². The minimum atomic E-state index is -0.172. The summed E-state index contributed by atoms with van der Waals surface area (Å²) in [5.41, 5.74) is 6.40. The van der Waals surface area contributed by atoms with Crippen LogP contribution in [0.1, 0.15) is 33.9 Å². The summed E-state index contributed by atoms with van der Waals surface area (Å²) in [6.45, 7) is 4.68. The molecule has 34 heavy (non-hydrogen) atoms. The van der Waals surface area contributed by atoms with Gasteiger partial charge in [-0.1, -0.05) is 89.5 Å². The molecule has 5 rings (SSSR count). The summed E-state index contributed by atoms with van der Waals surface area (Å²) in [5.74, 6) is 0.437. The van der Waals surface area contributed by atoms with Gasteiger partial charge in [0.05, 0.1) is 5.70 Å². The summed E-state index contributed by atoms with van der Waals surface area (Å²) in [7, 11) is 0. The third-order valence-electron chi connectivity index (χ3n) is 6.11. The van der Waals surface area contributed by atoms with Crippen molar-refractivity contribution in [2.75, 3.05) is 11.4 Å². The van der Waals surface area contributed by atoms with Gasteiger partial charge in [0.25, 0.3) is 5.95 Å². The molecule has 1 N–H and O–H groups in total. The van der Waals surface area contributed by atoms with E-state index < -0.39 is 0 Å². The predicted octanol–water partition coefficient (Wildman–Crippen LogP) is 4.06. The van der Waals surface area contributed by atoms with Gasteiger partial charge in [0.15, 0.2) is 0 Å². The Balaban J connectivity index is 1.47. The Morgan fingerprint density at radius 3 is 2.44 bits per heavy atom. The number of fused-ring (bicyclic) bond motifs is 1. The highest BCUT2D eigenvalue weighted by molar-refractivity contribution is 5.89. The van der Waals surface area contributed by atoms with Gasteiger partial charge in [0.1, 0.15) is 12.6 Å². The van der Waals surface area contributed by atoms with Gasteiger partial charge >= 0.3 is 0 Å². The van der Waals surface area contributed by atoms with Crippen molar-refractivity contribution in [3.05, 3.63) is 113 Å². The molecule has 0 saturated heterocycles. The minimum Gasteiger partial charge on any atom is -0.350 e. The number of nitrogens with one attached hydrogen (secondary N) is 1. The first kappa shape index (κ1) is 21.6. The number of carbonyl (C=O) groups excluding carboxylic acids is 1. The molecule has 0 fully saturated rings. The van der Waals surface area contributed by atoms with Gasteiger partial charge < -0.3 is 5.32 Å². The molecule has 1 aromatic heterocycles. The Labute approximate surface area is 198 Å². The highest BCUT2D eigenvalue weighted by Crippen LogP contribution is 2.36. The van der Waals surface area contributed by atoms with Crippen LogP contribution in [0.25, 0.3) is 5.70 Å². The number of amides is 1. The van der Waals surface area contributed by atoms with Crippen LogP contribution in [-0.2, 0) is 11.3 Å². The molecule has 0 unspecified atom stereocenters. The lowest BCUT2D eigenvalue weighted by atomic mass is 10.00. The van der Waals surface area contributed by atoms with Crippen molar-refractivity contribution in [1.82, 2.24) is 25.5 Å². The van der Waals surface area contributed by atoms with E-state index in [-0.39, 0.29) is 18.5 Å². The van der Waals surface area contributed by atoms with Gasteiger partial charge in [-0.15, -0.1) is 0 Å². The molecule has 0 radical (unpaired) electrons. The number of aromatic nitrogens is 4. The molecule has 0 saturated carbocycles. The molecule has 3 aromatic carbocycles. The van der Waals surface area contributed by atoms with Gasteiger partial charge in [-0.3, -0.25) is 9.69 Å². The second-order valence-corrected chi connectivity index (χ2v) is 8.49. The number of carbonyl (C=O) groups is 1. The molecule has 0 bridgehead atoms. The van der Waals surface area contributed by atoms with Crippen molar-refractivity contribution < 1.29 is 4.79 Å². The normalized spacial score (nSPS) is 14.9. The monoisotopic (exact) mass is 450 g/mol. The first-order valence-corrected chi connectivity index (χ1v) is 11.3. The zero-order valence-electron chi connectivity index (χ0n) is 19.2. The van der Waals surface area contributed by atoms with Crippen LogP contribution in [0.15, 0.2) is 84.9 Å². The summed E-state index contributed by atoms with van der Waals surface area (Å²) in [5, 5.41) is 15.5. The minimum absolute atomic E-state index is 0.103. The molecule has 0 spiro atoms. The van der Waals surface area contributed by atoms with Gasteiger partial charge in [0.2, 0.25) is 5.91 Å². The Hall–Kier alpha value is -4.26. The van der Waals surface area contributed by atoms with Crippen molar-refractivity contribution in [3.63, 3.8) is 0 Å². The molecule has 1 aliphatic rings. The Morgan fingerprint density at radius 1 is 0.941 bits per heavy atom. The van der Waals surface area contributed by atoms with Crippen molar-refractivity contribution in [2.45, 2.75) is 26.4 Å². The quantitative estimate of drug-likeness (QED) is 0.480. The van der Waals surface area contributed by atoms with E-state index in [0.29, 0.717) is 12.5 Å². The maximum absolute atomic E-state index is 13.1. The van der Waals surface area contributed by atoms with Crippen LogP contribution in [0.5, 0.6) is 0 Å². The number of anilines is 1. The molecular weight excluding hydrogens is 424 g/mol. The van der Waals surface area contributed by atoms with E-state index in [1.807, 2.05) is 54.3 Å². The number of benzene rings is 3. The van der Waals surface area contributed by atoms with Crippen LogP contribution < -0.4 is 10.2 Å². The molecule has 1 amide bonds. The Morgan fingerprint density at radius 2 is 1.68 bits per heavy atom. The molecule has 2 heterocycles. The SMILES string of the molecule is Cc1ccc(C2=C[C@H](c3ccccc3)n3nnnc3N2CC(=O)NCc2ccccc2C)cc1. The lowest BCUT2D eigenvalue weighted by Crippen LogP contribution is -2.40. The van der Waals surface area contributed by atoms with E-state index in [1.165, 1.54) is 5.56 Å². The Kier molecular flexibility index (Phi) is 5.91. The van der Waals surface area contributed by atoms with Crippen molar-refractivity contribution in [2.24, 2.45) is 0 Å². The third kappa shape index (κ3) is 4.32. The van der Waals surface area contributed by atoms with Crippen molar-refractivity contribution in [1.29, 1.82) is 0 Å². The largest absolute Gasteiger partial charge is 0.350 e. The summed E-state index contributed by atoms with van der Waals surface area (Å²) < 4.78 is 1.77. The summed E-state index contributed by atoms with van der Waals surface area (Å²) in [6.07, 6.45) is 2.12. The van der Waals surface area contributed by atoms with Crippen LogP contribution >= 0.6 is 0 Å². The van der Waals surface area contributed by atoms with E-state index in [9.17, 15) is 4.79 Å². The number of allylic oxidation sites excluding steroid dienone is 1. The zero-order valence-corrected chi connectivity index (χ0v) is 19.2. The summed E-state index contributed by atoms with van der Waals surface area (Å²) in [4.78, 5) is 14.9. The standard InChI is InChI=1S/C27H26N6O/c1-19-12-14-22(15-13-19)24-16-25(21-9-4-3-5-10-21)33-27(29-30-31-33)32(24)18-26(34)28-17-23-11-7-6-8-20(23)2/h3-16,25H,17-18H2,1-2H3,(H,28,34)/t25-/m1/s1. The van der Waals surface area contributed by atoms with Crippen LogP contribution in [0.4, 0.5) is 5.95 Å². The number of nitrogens with zero attached hydrogens (tertiary/aromatic N) is 5. The highest BCUT2D eigenvalue weighted by Gasteiger charge is 2.31. The van der Waals surface area contributed by atoms with Crippen LogP contribution in [0.2, 0.25) is 0 Å². The third-order valence-corrected chi connectivity index (χ3v) is 6.11. The van der Waals surface area contributed by atoms with E-state index in [0.717, 1.165) is 28.0 Å². The molecule has 7 heteroatoms. The van der Waals surface area contributed by atoms with Gasteiger partial charge in [0, 0.05) is 6.54 Å². The van der Waals surface area contributed by atoms with Crippen molar-refractivity contribution in [3.8, 4) is 0 Å². The van der Waals surface area contributed by atoms with E-state index >= 15 is 0 Å². The number of aryl methyl sites for hydroxylation is 2. The fourth-order valence-electron chi connectivity index (χ4n) is 4.19. The zero-order chi connectivity index (χ0) is 23.5. The van der Waals surface area contributed by atoms with Gasteiger partial charge in [-0.05, 0) is 52.6 Å². The second kappa shape index (κ2) is 9.31. The molecule has 4 aromatic rings. The first-order chi connectivity index (χ1) is 16.6. The number of rotatable bonds is 6. The van der Waals surface area contributed by atoms with Crippen LogP contribution in [0, 0.1) is 13.8 Å². The second-order valence-electron chi connectivity index (χ2n) is 8.49. The lowest BCUT2D eigenvalue weighted by Gasteiger charge is -2.32. The van der Waals surface area contributed by atoms with E-state index in [4.69, 9.17) is 0 Å². The molecular formula is C27H26N6O. The van der Waals surface area contributed by atoms with Crippen LogP contribution in [0.3, 0.4) is 0 Å².